The number of carbonyl (C=O) groups is 1. The third kappa shape index (κ3) is 4.36. The Labute approximate surface area is 116 Å². The highest BCUT2D eigenvalue weighted by molar-refractivity contribution is 8.13. The highest BCUT2D eigenvalue weighted by Crippen LogP contribution is 2.29. The lowest BCUT2D eigenvalue weighted by Crippen LogP contribution is -2.35. The summed E-state index contributed by atoms with van der Waals surface area (Å²) in [6, 6.07) is 0.984. The smallest absolute Gasteiger partial charge is 0.332 e. The van der Waals surface area contributed by atoms with E-state index >= 15 is 0 Å². The van der Waals surface area contributed by atoms with E-state index in [0.717, 1.165) is 24.5 Å². The Hall–Kier alpha value is -0.800. The lowest BCUT2D eigenvalue weighted by molar-refractivity contribution is -0.138. The third-order valence-corrected chi connectivity index (χ3v) is 4.72. The Morgan fingerprint density at radius 1 is 1.47 bits per heavy atom. The second-order valence-electron chi connectivity index (χ2n) is 3.75. The molecule has 1 aromatic heterocycles. The molecule has 10 heteroatoms. The van der Waals surface area contributed by atoms with Crippen molar-refractivity contribution in [3.05, 3.63) is 15.8 Å². The Balaban J connectivity index is 3.03. The summed E-state index contributed by atoms with van der Waals surface area (Å²) >= 11 is 0.781. The van der Waals surface area contributed by atoms with Crippen molar-refractivity contribution in [1.29, 1.82) is 0 Å². The fraction of sp³-hybridized carbons (Fsp3) is 0.444. The van der Waals surface area contributed by atoms with E-state index in [1.807, 2.05) is 0 Å². The minimum atomic E-state index is -4.52. The summed E-state index contributed by atoms with van der Waals surface area (Å²) in [5.74, 6) is -0.906. The Bertz CT molecular complexity index is 594. The highest BCUT2D eigenvalue weighted by Gasteiger charge is 2.32. The van der Waals surface area contributed by atoms with Crippen LogP contribution in [0.5, 0.6) is 0 Å². The van der Waals surface area contributed by atoms with Crippen LogP contribution in [0, 0.1) is 6.92 Å². The summed E-state index contributed by atoms with van der Waals surface area (Å²) < 4.78 is 58.8. The van der Waals surface area contributed by atoms with Gasteiger partial charge in [0.25, 0.3) is 15.0 Å². The van der Waals surface area contributed by atoms with Crippen LogP contribution < -0.4 is 0 Å². The first-order chi connectivity index (χ1) is 8.42. The van der Waals surface area contributed by atoms with Crippen molar-refractivity contribution in [2.24, 2.45) is 0 Å². The molecule has 0 spiro atoms. The van der Waals surface area contributed by atoms with Crippen molar-refractivity contribution in [1.82, 2.24) is 4.90 Å². The van der Waals surface area contributed by atoms with Crippen LogP contribution >= 0.6 is 22.0 Å². The number of aryl methyl sites for hydroxylation is 1. The van der Waals surface area contributed by atoms with Crippen molar-refractivity contribution in [2.45, 2.75) is 18.0 Å². The largest absolute Gasteiger partial charge is 0.406 e. The van der Waals surface area contributed by atoms with Crippen LogP contribution in [-0.2, 0) is 9.05 Å². The quantitative estimate of drug-likeness (QED) is 0.798. The molecule has 0 unspecified atom stereocenters. The van der Waals surface area contributed by atoms with Gasteiger partial charge in [0.15, 0.2) is 0 Å². The SMILES string of the molecule is Cc1sc(C(=O)N(C)CC(F)(F)F)cc1S(=O)(=O)Cl. The van der Waals surface area contributed by atoms with Crippen LogP contribution in [0.25, 0.3) is 0 Å². The zero-order valence-corrected chi connectivity index (χ0v) is 12.2. The topological polar surface area (TPSA) is 54.5 Å². The number of amides is 1. The monoisotopic (exact) mass is 335 g/mol. The zero-order valence-electron chi connectivity index (χ0n) is 9.78. The van der Waals surface area contributed by atoms with Gasteiger partial charge < -0.3 is 4.90 Å². The Morgan fingerprint density at radius 2 is 2.00 bits per heavy atom. The van der Waals surface area contributed by atoms with Gasteiger partial charge in [-0.1, -0.05) is 0 Å². The normalized spacial score (nSPS) is 12.5. The summed E-state index contributed by atoms with van der Waals surface area (Å²) in [4.78, 5) is 12.1. The van der Waals surface area contributed by atoms with Crippen LogP contribution in [-0.4, -0.2) is 39.0 Å². The molecule has 1 aromatic rings. The van der Waals surface area contributed by atoms with Crippen molar-refractivity contribution in [2.75, 3.05) is 13.6 Å². The van der Waals surface area contributed by atoms with Gasteiger partial charge in [0.1, 0.15) is 6.54 Å². The molecule has 0 aromatic carbocycles. The summed E-state index contributed by atoms with van der Waals surface area (Å²) in [5.41, 5.74) is 0. The van der Waals surface area contributed by atoms with Crippen molar-refractivity contribution >= 4 is 37.0 Å². The van der Waals surface area contributed by atoms with Crippen LogP contribution in [0.1, 0.15) is 14.5 Å². The molecule has 0 aliphatic heterocycles. The fourth-order valence-corrected chi connectivity index (χ4v) is 4.00. The molecule has 0 N–H and O–H groups in total. The first-order valence-electron chi connectivity index (χ1n) is 4.79. The summed E-state index contributed by atoms with van der Waals surface area (Å²) in [6.07, 6.45) is -4.52. The summed E-state index contributed by atoms with van der Waals surface area (Å²) in [7, 11) is 2.11. The Morgan fingerprint density at radius 3 is 2.37 bits per heavy atom. The molecule has 0 saturated heterocycles. The maximum absolute atomic E-state index is 12.1. The molecule has 0 radical (unpaired) electrons. The molecule has 1 rings (SSSR count). The van der Waals surface area contributed by atoms with E-state index in [1.165, 1.54) is 6.92 Å². The standard InChI is InChI=1S/C9H9ClF3NO3S2/c1-5-7(19(10,16)17)3-6(18-5)8(15)14(2)4-9(11,12)13/h3H,4H2,1-2H3. The molecular weight excluding hydrogens is 327 g/mol. The molecule has 0 aliphatic rings. The third-order valence-electron chi connectivity index (χ3n) is 2.11. The van der Waals surface area contributed by atoms with E-state index in [1.54, 1.807) is 0 Å². The molecule has 0 saturated carbocycles. The highest BCUT2D eigenvalue weighted by atomic mass is 35.7. The van der Waals surface area contributed by atoms with Crippen LogP contribution in [0.15, 0.2) is 11.0 Å². The van der Waals surface area contributed by atoms with Crippen LogP contribution in [0.2, 0.25) is 0 Å². The van der Waals surface area contributed by atoms with Gasteiger partial charge in [0.05, 0.1) is 9.77 Å². The number of halogens is 4. The Kier molecular flexibility index (Phi) is 4.53. The second-order valence-corrected chi connectivity index (χ2v) is 7.54. The van der Waals surface area contributed by atoms with E-state index in [-0.39, 0.29) is 14.6 Å². The number of rotatable bonds is 3. The first-order valence-corrected chi connectivity index (χ1v) is 7.91. The van der Waals surface area contributed by atoms with Gasteiger partial charge in [-0.15, -0.1) is 11.3 Å². The fourth-order valence-electron chi connectivity index (χ4n) is 1.34. The van der Waals surface area contributed by atoms with E-state index in [4.69, 9.17) is 10.7 Å². The number of carbonyl (C=O) groups excluding carboxylic acids is 1. The molecule has 4 nitrogen and oxygen atoms in total. The second kappa shape index (κ2) is 5.29. The predicted octanol–water partition coefficient (Wildman–Crippen LogP) is 2.62. The molecule has 0 aliphatic carbocycles. The number of alkyl halides is 3. The minimum absolute atomic E-state index is 0.108. The first kappa shape index (κ1) is 16.3. The van der Waals surface area contributed by atoms with Gasteiger partial charge in [0.2, 0.25) is 0 Å². The number of thiophene rings is 1. The summed E-state index contributed by atoms with van der Waals surface area (Å²) in [6.45, 7) is 0.00616. The minimum Gasteiger partial charge on any atom is -0.332 e. The van der Waals surface area contributed by atoms with Gasteiger partial charge >= 0.3 is 6.18 Å². The van der Waals surface area contributed by atoms with E-state index < -0.39 is 27.7 Å². The zero-order chi connectivity index (χ0) is 15.0. The van der Waals surface area contributed by atoms with Gasteiger partial charge in [-0.05, 0) is 13.0 Å². The van der Waals surface area contributed by atoms with Gasteiger partial charge in [-0.2, -0.15) is 13.2 Å². The number of hydrogen-bond donors (Lipinski definition) is 0. The molecule has 0 atom stereocenters. The molecule has 19 heavy (non-hydrogen) atoms. The number of hydrogen-bond acceptors (Lipinski definition) is 4. The maximum Gasteiger partial charge on any atom is 0.406 e. The van der Waals surface area contributed by atoms with Crippen molar-refractivity contribution in [3.8, 4) is 0 Å². The van der Waals surface area contributed by atoms with Crippen molar-refractivity contribution in [3.63, 3.8) is 0 Å². The molecule has 0 bridgehead atoms. The van der Waals surface area contributed by atoms with Crippen LogP contribution in [0.3, 0.4) is 0 Å². The lowest BCUT2D eigenvalue weighted by Gasteiger charge is -2.17. The van der Waals surface area contributed by atoms with E-state index in [2.05, 4.69) is 0 Å². The number of nitrogens with zero attached hydrogens (tertiary/aromatic N) is 1. The molecule has 1 amide bonds. The van der Waals surface area contributed by atoms with E-state index in [0.29, 0.717) is 4.90 Å². The predicted molar refractivity (Wildman–Crippen MR) is 65.1 cm³/mol. The lowest BCUT2D eigenvalue weighted by atomic mass is 10.4. The van der Waals surface area contributed by atoms with Gasteiger partial charge in [0, 0.05) is 22.6 Å². The molecule has 1 heterocycles. The average Bonchev–Trinajstić information content (AvgIpc) is 2.55. The molecular formula is C9H9ClF3NO3S2. The van der Waals surface area contributed by atoms with Gasteiger partial charge in [-0.25, -0.2) is 8.42 Å². The average molecular weight is 336 g/mol. The maximum atomic E-state index is 12.1. The molecule has 108 valence electrons. The van der Waals surface area contributed by atoms with Crippen molar-refractivity contribution < 1.29 is 26.4 Å². The van der Waals surface area contributed by atoms with Crippen LogP contribution in [0.4, 0.5) is 13.2 Å². The van der Waals surface area contributed by atoms with Gasteiger partial charge in [-0.3, -0.25) is 4.79 Å². The summed E-state index contributed by atoms with van der Waals surface area (Å²) in [5, 5.41) is 0. The van der Waals surface area contributed by atoms with E-state index in [9.17, 15) is 26.4 Å². The molecule has 0 fully saturated rings.